The number of carbonyl (C=O) groups is 1. The Kier molecular flexibility index (Phi) is 3.91. The first-order chi connectivity index (χ1) is 10.9. The topological polar surface area (TPSA) is 88.2 Å². The van der Waals surface area contributed by atoms with E-state index in [1.807, 2.05) is 17.5 Å². The molecule has 23 heavy (non-hydrogen) atoms. The zero-order valence-electron chi connectivity index (χ0n) is 13.1. The molecular weight excluding hydrogens is 314 g/mol. The Hall–Kier alpha value is -2.25. The molecule has 0 bridgehead atoms. The first-order valence-corrected chi connectivity index (χ1v) is 8.03. The number of thiophene rings is 1. The fraction of sp³-hybridized carbons (Fsp3) is 0.312. The summed E-state index contributed by atoms with van der Waals surface area (Å²) < 4.78 is 5.53. The summed E-state index contributed by atoms with van der Waals surface area (Å²) in [5.41, 5.74) is -0.208. The second kappa shape index (κ2) is 5.75. The maximum atomic E-state index is 11.9. The summed E-state index contributed by atoms with van der Waals surface area (Å²) in [7, 11) is 0. The number of fused-ring (bicyclic) bond motifs is 1. The predicted molar refractivity (Wildman–Crippen MR) is 88.9 cm³/mol. The van der Waals surface area contributed by atoms with Gasteiger partial charge >= 0.3 is 0 Å². The highest BCUT2D eigenvalue weighted by Crippen LogP contribution is 2.31. The molecule has 0 aromatic carbocycles. The maximum absolute atomic E-state index is 11.9. The Morgan fingerprint density at radius 1 is 1.48 bits per heavy atom. The number of nitrogens with zero attached hydrogens (tertiary/aromatic N) is 2. The van der Waals surface area contributed by atoms with Crippen molar-refractivity contribution in [3.05, 3.63) is 40.0 Å². The van der Waals surface area contributed by atoms with Crippen LogP contribution in [0.1, 0.15) is 34.8 Å². The van der Waals surface area contributed by atoms with Crippen LogP contribution >= 0.6 is 11.3 Å². The smallest absolute Gasteiger partial charge is 0.232 e. The lowest BCUT2D eigenvalue weighted by molar-refractivity contribution is 0.0754. The van der Waals surface area contributed by atoms with E-state index in [-0.39, 0.29) is 12.3 Å². The van der Waals surface area contributed by atoms with Crippen LogP contribution in [0, 0.1) is 6.92 Å². The summed E-state index contributed by atoms with van der Waals surface area (Å²) in [6.45, 7) is 5.19. The number of aliphatic hydroxyl groups is 1. The Labute approximate surface area is 137 Å². The molecule has 0 fully saturated rings. The number of furan rings is 1. The minimum absolute atomic E-state index is 0.107. The van der Waals surface area contributed by atoms with Crippen molar-refractivity contribution in [1.82, 2.24) is 9.97 Å². The number of hydrogen-bond acceptors (Lipinski definition) is 7. The summed E-state index contributed by atoms with van der Waals surface area (Å²) in [6, 6.07) is 3.77. The lowest BCUT2D eigenvalue weighted by Gasteiger charge is -2.22. The van der Waals surface area contributed by atoms with E-state index in [0.717, 1.165) is 4.88 Å². The zero-order valence-corrected chi connectivity index (χ0v) is 13.9. The van der Waals surface area contributed by atoms with Crippen molar-refractivity contribution in [3.63, 3.8) is 0 Å². The van der Waals surface area contributed by atoms with Gasteiger partial charge in [0.25, 0.3) is 0 Å². The molecule has 1 atom stereocenters. The standard InChI is InChI=1S/C16H17N3O3S/c1-9(20)12-10(2)22-15-13(12)14(18-8-19-15)17-7-16(3,21)11-5-4-6-23-11/h4-6,8,21H,7H2,1-3H3,(H,17,18,19). The third kappa shape index (κ3) is 2.85. The van der Waals surface area contributed by atoms with Gasteiger partial charge in [0.15, 0.2) is 5.78 Å². The highest BCUT2D eigenvalue weighted by Gasteiger charge is 2.26. The van der Waals surface area contributed by atoms with Gasteiger partial charge in [-0.1, -0.05) is 6.07 Å². The van der Waals surface area contributed by atoms with Crippen LogP contribution in [-0.4, -0.2) is 27.4 Å². The number of anilines is 1. The summed E-state index contributed by atoms with van der Waals surface area (Å²) in [4.78, 5) is 21.0. The van der Waals surface area contributed by atoms with Gasteiger partial charge in [0.1, 0.15) is 23.5 Å². The minimum atomic E-state index is -1.04. The summed E-state index contributed by atoms with van der Waals surface area (Å²) >= 11 is 1.49. The summed E-state index contributed by atoms with van der Waals surface area (Å²) in [5, 5.41) is 16.2. The number of nitrogens with one attached hydrogen (secondary N) is 1. The van der Waals surface area contributed by atoms with Crippen molar-refractivity contribution in [2.45, 2.75) is 26.4 Å². The molecule has 3 aromatic heterocycles. The van der Waals surface area contributed by atoms with E-state index >= 15 is 0 Å². The van der Waals surface area contributed by atoms with Crippen LogP contribution in [0.5, 0.6) is 0 Å². The highest BCUT2D eigenvalue weighted by atomic mass is 32.1. The number of aryl methyl sites for hydroxylation is 1. The quantitative estimate of drug-likeness (QED) is 0.698. The van der Waals surface area contributed by atoms with Crippen LogP contribution in [0.3, 0.4) is 0 Å². The second-order valence-electron chi connectivity index (χ2n) is 5.60. The lowest BCUT2D eigenvalue weighted by atomic mass is 10.0. The van der Waals surface area contributed by atoms with Gasteiger partial charge < -0.3 is 14.8 Å². The van der Waals surface area contributed by atoms with E-state index in [1.165, 1.54) is 24.6 Å². The van der Waals surface area contributed by atoms with Crippen LogP contribution in [0.2, 0.25) is 0 Å². The van der Waals surface area contributed by atoms with Gasteiger partial charge in [0, 0.05) is 11.4 Å². The fourth-order valence-electron chi connectivity index (χ4n) is 2.53. The largest absolute Gasteiger partial charge is 0.442 e. The number of ketones is 1. The van der Waals surface area contributed by atoms with E-state index < -0.39 is 5.60 Å². The molecule has 3 aromatic rings. The molecule has 120 valence electrons. The summed E-state index contributed by atoms with van der Waals surface area (Å²) in [6.07, 6.45) is 1.37. The van der Waals surface area contributed by atoms with E-state index in [9.17, 15) is 9.90 Å². The summed E-state index contributed by atoms with van der Waals surface area (Å²) in [5.74, 6) is 0.888. The van der Waals surface area contributed by atoms with Gasteiger partial charge in [-0.25, -0.2) is 9.97 Å². The molecule has 0 aliphatic heterocycles. The van der Waals surface area contributed by atoms with E-state index in [2.05, 4.69) is 15.3 Å². The fourth-order valence-corrected chi connectivity index (χ4v) is 3.32. The van der Waals surface area contributed by atoms with Crippen molar-refractivity contribution < 1.29 is 14.3 Å². The molecule has 3 heterocycles. The predicted octanol–water partition coefficient (Wildman–Crippen LogP) is 3.11. The van der Waals surface area contributed by atoms with Crippen LogP contribution in [0.25, 0.3) is 11.1 Å². The first-order valence-electron chi connectivity index (χ1n) is 7.15. The number of Topliss-reactive ketones (excluding diaryl/α,β-unsaturated/α-hetero) is 1. The van der Waals surface area contributed by atoms with Crippen LogP contribution < -0.4 is 5.32 Å². The molecule has 0 radical (unpaired) electrons. The molecule has 7 heteroatoms. The number of carbonyl (C=O) groups excluding carboxylic acids is 1. The molecule has 2 N–H and O–H groups in total. The SMILES string of the molecule is CC(=O)c1c(C)oc2ncnc(NCC(C)(O)c3cccs3)c12. The molecule has 0 aliphatic rings. The molecule has 0 saturated heterocycles. The third-order valence-corrected chi connectivity index (χ3v) is 4.79. The average Bonchev–Trinajstić information content (AvgIpc) is 3.11. The molecule has 6 nitrogen and oxygen atoms in total. The van der Waals surface area contributed by atoms with Gasteiger partial charge in [-0.15, -0.1) is 11.3 Å². The second-order valence-corrected chi connectivity index (χ2v) is 6.54. The van der Waals surface area contributed by atoms with Crippen molar-refractivity contribution in [3.8, 4) is 0 Å². The van der Waals surface area contributed by atoms with Crippen LogP contribution in [-0.2, 0) is 5.60 Å². The molecule has 1 unspecified atom stereocenters. The average molecular weight is 331 g/mol. The van der Waals surface area contributed by atoms with E-state index in [4.69, 9.17) is 4.42 Å². The first kappa shape index (κ1) is 15.6. The van der Waals surface area contributed by atoms with Crippen LogP contribution in [0.15, 0.2) is 28.3 Å². The van der Waals surface area contributed by atoms with Gasteiger partial charge in [0.2, 0.25) is 5.71 Å². The van der Waals surface area contributed by atoms with Gasteiger partial charge in [-0.05, 0) is 32.2 Å². The Balaban J connectivity index is 1.96. The van der Waals surface area contributed by atoms with Crippen LogP contribution in [0.4, 0.5) is 5.82 Å². The Bertz CT molecular complexity index is 853. The van der Waals surface area contributed by atoms with Gasteiger partial charge in [-0.3, -0.25) is 4.79 Å². The highest BCUT2D eigenvalue weighted by molar-refractivity contribution is 7.10. The number of hydrogen-bond donors (Lipinski definition) is 2. The molecule has 0 saturated carbocycles. The minimum Gasteiger partial charge on any atom is -0.442 e. The molecule has 0 aliphatic carbocycles. The van der Waals surface area contributed by atoms with Gasteiger partial charge in [0.05, 0.1) is 10.9 Å². The van der Waals surface area contributed by atoms with E-state index in [0.29, 0.717) is 28.2 Å². The van der Waals surface area contributed by atoms with Crippen molar-refractivity contribution >= 4 is 34.0 Å². The van der Waals surface area contributed by atoms with Crippen molar-refractivity contribution in [1.29, 1.82) is 0 Å². The monoisotopic (exact) mass is 331 g/mol. The Morgan fingerprint density at radius 2 is 2.26 bits per heavy atom. The van der Waals surface area contributed by atoms with Crippen molar-refractivity contribution in [2.24, 2.45) is 0 Å². The zero-order chi connectivity index (χ0) is 16.6. The van der Waals surface area contributed by atoms with Crippen molar-refractivity contribution in [2.75, 3.05) is 11.9 Å². The molecule has 0 spiro atoms. The lowest BCUT2D eigenvalue weighted by Crippen LogP contribution is -2.30. The number of rotatable bonds is 5. The Morgan fingerprint density at radius 3 is 2.91 bits per heavy atom. The molecular formula is C16H17N3O3S. The van der Waals surface area contributed by atoms with E-state index in [1.54, 1.807) is 13.8 Å². The normalized spacial score (nSPS) is 13.9. The maximum Gasteiger partial charge on any atom is 0.232 e. The third-order valence-electron chi connectivity index (χ3n) is 3.67. The molecule has 3 rings (SSSR count). The molecule has 0 amide bonds. The van der Waals surface area contributed by atoms with Gasteiger partial charge in [-0.2, -0.15) is 0 Å². The number of aromatic nitrogens is 2.